The van der Waals surface area contributed by atoms with E-state index in [1.165, 1.54) is 36.3 Å². The fourth-order valence-electron chi connectivity index (χ4n) is 3.94. The van der Waals surface area contributed by atoms with Crippen LogP contribution < -0.4 is 10.3 Å². The van der Waals surface area contributed by atoms with Gasteiger partial charge in [-0.2, -0.15) is 4.98 Å². The molecule has 2 nitrogen and oxygen atoms in total. The van der Waals surface area contributed by atoms with E-state index in [0.29, 0.717) is 0 Å². The van der Waals surface area contributed by atoms with E-state index in [4.69, 9.17) is 0 Å². The van der Waals surface area contributed by atoms with E-state index in [1.54, 1.807) is 11.8 Å². The first-order valence-electron chi connectivity index (χ1n) is 10.5. The van der Waals surface area contributed by atoms with Crippen molar-refractivity contribution >= 4 is 39.4 Å². The Morgan fingerprint density at radius 3 is 2.63 bits per heavy atom. The first kappa shape index (κ1) is 21.0. The molecule has 1 aliphatic carbocycles. The Bertz CT molecular complexity index is 1070. The summed E-state index contributed by atoms with van der Waals surface area (Å²) in [6.45, 7) is 7.81. The number of thioether (sulfide) groups is 1. The largest absolute Gasteiger partial charge is 0.380 e. The summed E-state index contributed by atoms with van der Waals surface area (Å²) < 4.78 is 1.30. The van der Waals surface area contributed by atoms with Crippen molar-refractivity contribution in [1.82, 2.24) is 5.32 Å². The zero-order valence-corrected chi connectivity index (χ0v) is 19.5. The number of aromatic amines is 1. The van der Waals surface area contributed by atoms with Crippen LogP contribution in [0, 0.1) is 5.41 Å². The summed E-state index contributed by atoms with van der Waals surface area (Å²) in [7, 11) is 0. The molecular formula is C26H29N2S2+. The highest BCUT2D eigenvalue weighted by atomic mass is 32.2. The van der Waals surface area contributed by atoms with Crippen molar-refractivity contribution in [2.75, 3.05) is 6.54 Å². The second-order valence-corrected chi connectivity index (χ2v) is 10.7. The number of allylic oxidation sites excluding steroid dienone is 4. The quantitative estimate of drug-likeness (QED) is 0.420. The molecular weight excluding hydrogens is 404 g/mol. The van der Waals surface area contributed by atoms with Gasteiger partial charge in [0.05, 0.1) is 5.03 Å². The lowest BCUT2D eigenvalue weighted by Crippen LogP contribution is -2.18. The van der Waals surface area contributed by atoms with Crippen molar-refractivity contribution in [2.24, 2.45) is 5.41 Å². The van der Waals surface area contributed by atoms with E-state index in [2.05, 4.69) is 104 Å². The minimum atomic E-state index is 0.248. The topological polar surface area (TPSA) is 26.2 Å². The van der Waals surface area contributed by atoms with Crippen LogP contribution in [-0.4, -0.2) is 6.54 Å². The Balaban J connectivity index is 1.64. The van der Waals surface area contributed by atoms with Gasteiger partial charge in [0, 0.05) is 23.6 Å². The Morgan fingerprint density at radius 1 is 1.10 bits per heavy atom. The fourth-order valence-corrected chi connectivity index (χ4v) is 5.90. The third-order valence-corrected chi connectivity index (χ3v) is 7.06. The van der Waals surface area contributed by atoms with Gasteiger partial charge in [0.15, 0.2) is 0 Å². The van der Waals surface area contributed by atoms with Gasteiger partial charge < -0.3 is 5.32 Å². The van der Waals surface area contributed by atoms with Crippen LogP contribution in [-0.2, 0) is 0 Å². The smallest absolute Gasteiger partial charge is 0.261 e. The van der Waals surface area contributed by atoms with Gasteiger partial charge in [-0.1, -0.05) is 73.4 Å². The number of hydrogen-bond donors (Lipinski definition) is 1. The van der Waals surface area contributed by atoms with Gasteiger partial charge in [-0.25, -0.2) is 0 Å². The molecule has 2 N–H and O–H groups in total. The standard InChI is InChI=1S/C26H28N2S2/c1-4-27-24(29-21-10-6-5-7-11-21)15-19-14-20(18-26(2,3)17-19)16-25-28-22-12-8-9-13-23(22)30-25/h5-16,27H,4,17-18H2,1-3H3/p+1. The molecule has 0 saturated carbocycles. The zero-order valence-electron chi connectivity index (χ0n) is 17.9. The van der Waals surface area contributed by atoms with Gasteiger partial charge >= 0.3 is 0 Å². The van der Waals surface area contributed by atoms with Crippen molar-refractivity contribution in [3.63, 3.8) is 0 Å². The third-order valence-electron chi connectivity index (χ3n) is 5.06. The number of aromatic nitrogens is 1. The fraction of sp³-hybridized carbons (Fsp3) is 0.269. The second kappa shape index (κ2) is 9.23. The van der Waals surface area contributed by atoms with Gasteiger partial charge in [0.1, 0.15) is 4.70 Å². The van der Waals surface area contributed by atoms with Crippen molar-refractivity contribution in [2.45, 2.75) is 38.5 Å². The molecule has 0 radical (unpaired) electrons. The van der Waals surface area contributed by atoms with Gasteiger partial charge in [-0.05, 0) is 60.6 Å². The molecule has 154 valence electrons. The van der Waals surface area contributed by atoms with Gasteiger partial charge in [-0.15, -0.1) is 0 Å². The average molecular weight is 434 g/mol. The summed E-state index contributed by atoms with van der Waals surface area (Å²) in [6, 6.07) is 19.1. The number of hydrogen-bond acceptors (Lipinski definition) is 3. The van der Waals surface area contributed by atoms with E-state index in [-0.39, 0.29) is 5.41 Å². The highest BCUT2D eigenvalue weighted by Crippen LogP contribution is 2.40. The Hall–Kier alpha value is -2.30. The summed E-state index contributed by atoms with van der Waals surface area (Å²) in [4.78, 5) is 4.82. The predicted molar refractivity (Wildman–Crippen MR) is 132 cm³/mol. The van der Waals surface area contributed by atoms with Crippen LogP contribution in [0.4, 0.5) is 0 Å². The second-order valence-electron chi connectivity index (χ2n) is 8.50. The molecule has 1 aliphatic rings. The molecule has 30 heavy (non-hydrogen) atoms. The number of rotatable bonds is 6. The van der Waals surface area contributed by atoms with Crippen molar-refractivity contribution in [1.29, 1.82) is 0 Å². The highest BCUT2D eigenvalue weighted by molar-refractivity contribution is 8.03. The van der Waals surface area contributed by atoms with Crippen LogP contribution in [0.3, 0.4) is 0 Å². The lowest BCUT2D eigenvalue weighted by Gasteiger charge is -2.30. The van der Waals surface area contributed by atoms with E-state index in [9.17, 15) is 0 Å². The third kappa shape index (κ3) is 5.44. The van der Waals surface area contributed by atoms with Crippen LogP contribution in [0.15, 0.2) is 87.8 Å². The number of para-hydroxylation sites is 1. The lowest BCUT2D eigenvalue weighted by atomic mass is 9.75. The molecule has 2 aromatic carbocycles. The molecule has 0 fully saturated rings. The maximum Gasteiger partial charge on any atom is 0.261 e. The number of thiazole rings is 1. The minimum Gasteiger partial charge on any atom is -0.380 e. The Labute approximate surface area is 187 Å². The van der Waals surface area contributed by atoms with Gasteiger partial charge in [-0.3, -0.25) is 0 Å². The molecule has 3 aromatic rings. The molecule has 0 unspecified atom stereocenters. The van der Waals surface area contributed by atoms with Crippen molar-refractivity contribution < 1.29 is 4.98 Å². The monoisotopic (exact) mass is 433 g/mol. The highest BCUT2D eigenvalue weighted by Gasteiger charge is 2.25. The minimum absolute atomic E-state index is 0.248. The molecule has 0 amide bonds. The summed E-state index contributed by atoms with van der Waals surface area (Å²) >= 11 is 3.62. The van der Waals surface area contributed by atoms with Gasteiger partial charge in [0.2, 0.25) is 5.52 Å². The van der Waals surface area contributed by atoms with E-state index in [1.807, 2.05) is 11.3 Å². The van der Waals surface area contributed by atoms with Gasteiger partial charge in [0.25, 0.3) is 5.01 Å². The molecule has 0 aliphatic heterocycles. The summed E-state index contributed by atoms with van der Waals surface area (Å²) in [6.07, 6.45) is 9.23. The van der Waals surface area contributed by atoms with E-state index >= 15 is 0 Å². The van der Waals surface area contributed by atoms with Crippen LogP contribution in [0.5, 0.6) is 0 Å². The van der Waals surface area contributed by atoms with Crippen LogP contribution >= 0.6 is 23.1 Å². The molecule has 4 heteroatoms. The molecule has 0 saturated heterocycles. The molecule has 0 bridgehead atoms. The molecule has 1 aromatic heterocycles. The molecule has 1 heterocycles. The van der Waals surface area contributed by atoms with E-state index in [0.717, 1.165) is 19.4 Å². The number of benzene rings is 2. The van der Waals surface area contributed by atoms with E-state index < -0.39 is 0 Å². The Morgan fingerprint density at radius 2 is 1.87 bits per heavy atom. The van der Waals surface area contributed by atoms with Crippen LogP contribution in [0.25, 0.3) is 16.3 Å². The summed E-state index contributed by atoms with van der Waals surface area (Å²) in [5, 5.41) is 5.97. The van der Waals surface area contributed by atoms with Crippen molar-refractivity contribution in [3.05, 3.63) is 87.9 Å². The Kier molecular flexibility index (Phi) is 6.45. The molecule has 4 rings (SSSR count). The molecule has 0 spiro atoms. The predicted octanol–water partition coefficient (Wildman–Crippen LogP) is 7.09. The maximum atomic E-state index is 3.56. The SMILES string of the molecule is CCNC(=CC1=CC(=Cc2[nH+]c3ccccc3s2)CC(C)(C)C1)Sc1ccccc1. The first-order valence-corrected chi connectivity index (χ1v) is 12.1. The number of nitrogens with one attached hydrogen (secondary N) is 2. The average Bonchev–Trinajstić information content (AvgIpc) is 3.10. The number of fused-ring (bicyclic) bond motifs is 1. The normalized spacial score (nSPS) is 17.9. The van der Waals surface area contributed by atoms with Crippen molar-refractivity contribution in [3.8, 4) is 0 Å². The van der Waals surface area contributed by atoms with Crippen LogP contribution in [0.2, 0.25) is 0 Å². The maximum absolute atomic E-state index is 3.56. The molecule has 0 atom stereocenters. The zero-order chi connectivity index (χ0) is 21.0. The van der Waals surface area contributed by atoms with Crippen LogP contribution in [0.1, 0.15) is 38.6 Å². The number of H-pyrrole nitrogens is 1. The lowest BCUT2D eigenvalue weighted by molar-refractivity contribution is -0.341. The first-order chi connectivity index (χ1) is 14.5. The summed E-state index contributed by atoms with van der Waals surface area (Å²) in [5.41, 5.74) is 4.23. The summed E-state index contributed by atoms with van der Waals surface area (Å²) in [5.74, 6) is 0.